The van der Waals surface area contributed by atoms with Crippen molar-refractivity contribution in [2.45, 2.75) is 26.3 Å². The van der Waals surface area contributed by atoms with Crippen LogP contribution >= 0.6 is 0 Å². The van der Waals surface area contributed by atoms with Crippen molar-refractivity contribution in [3.8, 4) is 22.8 Å². The average molecular weight is 474 g/mol. The van der Waals surface area contributed by atoms with Gasteiger partial charge < -0.3 is 19.7 Å². The molecule has 1 N–H and O–H groups in total. The van der Waals surface area contributed by atoms with Crippen LogP contribution in [0.3, 0.4) is 0 Å². The van der Waals surface area contributed by atoms with E-state index < -0.39 is 0 Å². The molecule has 7 heteroatoms. The zero-order valence-electron chi connectivity index (χ0n) is 20.4. The number of carbonyl (C=O) groups excluding carboxylic acids is 2. The van der Waals surface area contributed by atoms with Crippen LogP contribution in [-0.2, 0) is 11.3 Å². The number of aryl methyl sites for hydroxylation is 1. The fourth-order valence-corrected chi connectivity index (χ4v) is 4.47. The van der Waals surface area contributed by atoms with E-state index in [9.17, 15) is 9.59 Å². The Morgan fingerprint density at radius 2 is 1.80 bits per heavy atom. The highest BCUT2D eigenvalue weighted by molar-refractivity contribution is 6.00. The van der Waals surface area contributed by atoms with Crippen LogP contribution in [0.2, 0.25) is 0 Å². The van der Waals surface area contributed by atoms with Gasteiger partial charge >= 0.3 is 0 Å². The van der Waals surface area contributed by atoms with Crippen molar-refractivity contribution >= 4 is 11.8 Å². The summed E-state index contributed by atoms with van der Waals surface area (Å²) in [4.78, 5) is 32.5. The van der Waals surface area contributed by atoms with E-state index in [0.717, 1.165) is 16.7 Å². The first kappa shape index (κ1) is 24.3. The summed E-state index contributed by atoms with van der Waals surface area (Å²) in [6.45, 7) is 3.46. The summed E-state index contributed by atoms with van der Waals surface area (Å²) in [5.41, 5.74) is 4.21. The van der Waals surface area contributed by atoms with Gasteiger partial charge in [-0.25, -0.2) is 0 Å². The number of piperidine rings is 1. The van der Waals surface area contributed by atoms with Crippen LogP contribution in [0.15, 0.2) is 60.8 Å². The Morgan fingerprint density at radius 1 is 1.03 bits per heavy atom. The van der Waals surface area contributed by atoms with E-state index in [-0.39, 0.29) is 17.7 Å². The Hall–Kier alpha value is -3.87. The Morgan fingerprint density at radius 3 is 2.51 bits per heavy atom. The number of aromatic nitrogens is 1. The molecule has 0 bridgehead atoms. The molecule has 0 unspecified atom stereocenters. The maximum Gasteiger partial charge on any atom is 0.256 e. The number of nitrogens with zero attached hydrogens (tertiary/aromatic N) is 2. The molecule has 0 aliphatic carbocycles. The number of rotatable bonds is 7. The lowest BCUT2D eigenvalue weighted by molar-refractivity contribution is -0.126. The van der Waals surface area contributed by atoms with Gasteiger partial charge in [-0.3, -0.25) is 14.6 Å². The standard InChI is InChI=1S/C28H31N3O4/c1-19-7-4-5-8-23(19)26-24(9-6-14-29-26)28(33)31-15-12-20(13-16-31)27(32)30-18-21-10-11-22(34-2)17-25(21)35-3/h4-11,14,17,20H,12-13,15-16,18H2,1-3H3,(H,30,32). The number of methoxy groups -OCH3 is 2. The monoisotopic (exact) mass is 473 g/mol. The Labute approximate surface area is 206 Å². The van der Waals surface area contributed by atoms with E-state index in [2.05, 4.69) is 10.3 Å². The van der Waals surface area contributed by atoms with E-state index in [0.29, 0.717) is 55.2 Å². The second-order valence-electron chi connectivity index (χ2n) is 8.68. The summed E-state index contributed by atoms with van der Waals surface area (Å²) in [7, 11) is 3.20. The highest BCUT2D eigenvalue weighted by Gasteiger charge is 2.29. The topological polar surface area (TPSA) is 80.8 Å². The molecule has 35 heavy (non-hydrogen) atoms. The number of carbonyl (C=O) groups is 2. The minimum Gasteiger partial charge on any atom is -0.497 e. The molecule has 1 aromatic heterocycles. The van der Waals surface area contributed by atoms with Gasteiger partial charge in [0.25, 0.3) is 5.91 Å². The molecule has 1 aliphatic rings. The Balaban J connectivity index is 1.37. The van der Waals surface area contributed by atoms with Crippen molar-refractivity contribution in [1.29, 1.82) is 0 Å². The predicted molar refractivity (Wildman–Crippen MR) is 134 cm³/mol. The first-order valence-electron chi connectivity index (χ1n) is 11.8. The second-order valence-corrected chi connectivity index (χ2v) is 8.68. The Kier molecular flexibility index (Phi) is 7.65. The van der Waals surface area contributed by atoms with E-state index in [1.807, 2.05) is 54.3 Å². The van der Waals surface area contributed by atoms with Crippen LogP contribution in [0.5, 0.6) is 11.5 Å². The molecule has 0 saturated carbocycles. The highest BCUT2D eigenvalue weighted by atomic mass is 16.5. The zero-order chi connectivity index (χ0) is 24.8. The fourth-order valence-electron chi connectivity index (χ4n) is 4.47. The minimum absolute atomic E-state index is 0.00283. The van der Waals surface area contributed by atoms with Gasteiger partial charge in [-0.1, -0.05) is 24.3 Å². The molecule has 182 valence electrons. The lowest BCUT2D eigenvalue weighted by Crippen LogP contribution is -2.43. The van der Waals surface area contributed by atoms with Gasteiger partial charge in [0.15, 0.2) is 0 Å². The molecule has 1 aliphatic heterocycles. The Bertz CT molecular complexity index is 1200. The van der Waals surface area contributed by atoms with Crippen LogP contribution in [0.4, 0.5) is 0 Å². The van der Waals surface area contributed by atoms with E-state index in [1.54, 1.807) is 32.5 Å². The molecule has 0 radical (unpaired) electrons. The van der Waals surface area contributed by atoms with Gasteiger partial charge in [-0.15, -0.1) is 0 Å². The fraction of sp³-hybridized carbons (Fsp3) is 0.321. The molecule has 1 saturated heterocycles. The average Bonchev–Trinajstić information content (AvgIpc) is 2.91. The first-order valence-corrected chi connectivity index (χ1v) is 11.8. The molecule has 0 spiro atoms. The number of hydrogen-bond acceptors (Lipinski definition) is 5. The number of pyridine rings is 1. The van der Waals surface area contributed by atoms with Crippen molar-refractivity contribution < 1.29 is 19.1 Å². The molecule has 0 atom stereocenters. The highest BCUT2D eigenvalue weighted by Crippen LogP contribution is 2.28. The summed E-state index contributed by atoms with van der Waals surface area (Å²) in [6.07, 6.45) is 2.96. The largest absolute Gasteiger partial charge is 0.497 e. The molecule has 3 aromatic rings. The van der Waals surface area contributed by atoms with Gasteiger partial charge in [0.05, 0.1) is 25.5 Å². The van der Waals surface area contributed by atoms with Crippen molar-refractivity contribution in [2.75, 3.05) is 27.3 Å². The molecule has 2 heterocycles. The molecule has 7 nitrogen and oxygen atoms in total. The van der Waals surface area contributed by atoms with Crippen LogP contribution in [0.1, 0.15) is 34.3 Å². The molecule has 1 fully saturated rings. The zero-order valence-corrected chi connectivity index (χ0v) is 20.4. The SMILES string of the molecule is COc1ccc(CNC(=O)C2CCN(C(=O)c3cccnc3-c3ccccc3C)CC2)c(OC)c1. The molecule has 2 amide bonds. The van der Waals surface area contributed by atoms with Crippen molar-refractivity contribution in [1.82, 2.24) is 15.2 Å². The lowest BCUT2D eigenvalue weighted by atomic mass is 9.94. The summed E-state index contributed by atoms with van der Waals surface area (Å²) >= 11 is 0. The van der Waals surface area contributed by atoms with Crippen molar-refractivity contribution in [2.24, 2.45) is 5.92 Å². The number of benzene rings is 2. The van der Waals surface area contributed by atoms with Crippen LogP contribution in [0, 0.1) is 12.8 Å². The third kappa shape index (κ3) is 5.45. The summed E-state index contributed by atoms with van der Waals surface area (Å²) in [6, 6.07) is 17.1. The quantitative estimate of drug-likeness (QED) is 0.555. The summed E-state index contributed by atoms with van der Waals surface area (Å²) in [5.74, 6) is 1.20. The number of ether oxygens (including phenoxy) is 2. The molecular weight excluding hydrogens is 442 g/mol. The van der Waals surface area contributed by atoms with Crippen LogP contribution in [0.25, 0.3) is 11.3 Å². The number of likely N-dealkylation sites (tertiary alicyclic amines) is 1. The predicted octanol–water partition coefficient (Wildman–Crippen LogP) is 4.24. The third-order valence-electron chi connectivity index (χ3n) is 6.54. The third-order valence-corrected chi connectivity index (χ3v) is 6.54. The minimum atomic E-state index is -0.131. The normalized spacial score (nSPS) is 13.9. The summed E-state index contributed by atoms with van der Waals surface area (Å²) < 4.78 is 10.6. The molecular formula is C28H31N3O4. The van der Waals surface area contributed by atoms with Gasteiger partial charge in [0.2, 0.25) is 5.91 Å². The van der Waals surface area contributed by atoms with E-state index in [4.69, 9.17) is 9.47 Å². The number of nitrogens with one attached hydrogen (secondary N) is 1. The van der Waals surface area contributed by atoms with Gasteiger partial charge in [-0.05, 0) is 49.6 Å². The summed E-state index contributed by atoms with van der Waals surface area (Å²) in [5, 5.41) is 3.02. The van der Waals surface area contributed by atoms with Crippen LogP contribution in [-0.4, -0.2) is 49.0 Å². The maximum absolute atomic E-state index is 13.4. The van der Waals surface area contributed by atoms with Crippen LogP contribution < -0.4 is 14.8 Å². The van der Waals surface area contributed by atoms with Crippen molar-refractivity contribution in [3.63, 3.8) is 0 Å². The molecule has 2 aromatic carbocycles. The van der Waals surface area contributed by atoms with E-state index >= 15 is 0 Å². The van der Waals surface area contributed by atoms with Gasteiger partial charge in [-0.2, -0.15) is 0 Å². The maximum atomic E-state index is 13.4. The smallest absolute Gasteiger partial charge is 0.256 e. The number of amides is 2. The number of hydrogen-bond donors (Lipinski definition) is 1. The molecule has 4 rings (SSSR count). The van der Waals surface area contributed by atoms with Crippen molar-refractivity contribution in [3.05, 3.63) is 77.5 Å². The first-order chi connectivity index (χ1) is 17.0. The lowest BCUT2D eigenvalue weighted by Gasteiger charge is -2.31. The van der Waals surface area contributed by atoms with Gasteiger partial charge in [0, 0.05) is 48.9 Å². The van der Waals surface area contributed by atoms with Gasteiger partial charge in [0.1, 0.15) is 11.5 Å². The second kappa shape index (κ2) is 11.0. The van der Waals surface area contributed by atoms with E-state index in [1.165, 1.54) is 0 Å².